The van der Waals surface area contributed by atoms with E-state index < -0.39 is 23.9 Å². The third kappa shape index (κ3) is 2.04. The van der Waals surface area contributed by atoms with Crippen LogP contribution in [-0.2, 0) is 20.7 Å². The second kappa shape index (κ2) is 4.44. The van der Waals surface area contributed by atoms with E-state index in [4.69, 9.17) is 4.74 Å². The van der Waals surface area contributed by atoms with Gasteiger partial charge in [-0.1, -0.05) is 0 Å². The summed E-state index contributed by atoms with van der Waals surface area (Å²) in [4.78, 5) is 22.9. The number of carbonyl (C=O) groups excluding carboxylic acids is 2. The molecule has 0 fully saturated rings. The Morgan fingerprint density at radius 2 is 2.29 bits per heavy atom. The van der Waals surface area contributed by atoms with E-state index in [-0.39, 0.29) is 17.5 Å². The fraction of sp³-hybridized carbons (Fsp3) is 0.273. The normalized spacial score (nSPS) is 18.3. The minimum absolute atomic E-state index is 0.0149. The Morgan fingerprint density at radius 3 is 2.94 bits per heavy atom. The van der Waals surface area contributed by atoms with Gasteiger partial charge in [-0.15, -0.1) is 0 Å². The van der Waals surface area contributed by atoms with Crippen molar-refractivity contribution in [3.63, 3.8) is 0 Å². The van der Waals surface area contributed by atoms with Crippen LogP contribution in [0.1, 0.15) is 15.9 Å². The molecular formula is C11H8BrFO4. The van der Waals surface area contributed by atoms with Gasteiger partial charge in [-0.25, -0.2) is 14.0 Å². The Morgan fingerprint density at radius 1 is 1.59 bits per heavy atom. The van der Waals surface area contributed by atoms with Gasteiger partial charge in [-0.05, 0) is 28.1 Å². The molecule has 17 heavy (non-hydrogen) atoms. The topological polar surface area (TPSA) is 52.6 Å². The van der Waals surface area contributed by atoms with E-state index in [1.54, 1.807) is 0 Å². The first-order valence-electron chi connectivity index (χ1n) is 4.80. The fourth-order valence-electron chi connectivity index (χ4n) is 1.69. The van der Waals surface area contributed by atoms with Crippen LogP contribution < -0.4 is 0 Å². The number of rotatable bonds is 1. The lowest BCUT2D eigenvalue weighted by Gasteiger charge is -2.23. The molecule has 0 aromatic heterocycles. The van der Waals surface area contributed by atoms with Gasteiger partial charge in [-0.2, -0.15) is 0 Å². The average molecular weight is 303 g/mol. The summed E-state index contributed by atoms with van der Waals surface area (Å²) in [5.74, 6) is -1.95. The third-order valence-corrected chi connectivity index (χ3v) is 3.17. The summed E-state index contributed by atoms with van der Waals surface area (Å²) in [5, 5.41) is 0. The monoisotopic (exact) mass is 302 g/mol. The Labute approximate surface area is 105 Å². The van der Waals surface area contributed by atoms with Crippen molar-refractivity contribution in [3.05, 3.63) is 33.5 Å². The number of hydrogen-bond acceptors (Lipinski definition) is 4. The SMILES string of the molecule is COC(=O)C1Cc2c(F)ccc(Br)c2C(=O)O1. The smallest absolute Gasteiger partial charge is 0.347 e. The number of esters is 2. The molecule has 0 bridgehead atoms. The summed E-state index contributed by atoms with van der Waals surface area (Å²) in [6.07, 6.45) is -1.09. The van der Waals surface area contributed by atoms with Crippen molar-refractivity contribution >= 4 is 27.9 Å². The first-order chi connectivity index (χ1) is 8.04. The molecule has 1 heterocycles. The van der Waals surface area contributed by atoms with Crippen LogP contribution in [0.25, 0.3) is 0 Å². The molecule has 0 amide bonds. The Bertz CT molecular complexity index is 500. The predicted octanol–water partition coefficient (Wildman–Crippen LogP) is 1.84. The molecule has 0 spiro atoms. The van der Waals surface area contributed by atoms with E-state index in [1.165, 1.54) is 19.2 Å². The molecule has 1 unspecified atom stereocenters. The fourth-order valence-corrected chi connectivity index (χ4v) is 2.23. The second-order valence-corrected chi connectivity index (χ2v) is 4.36. The van der Waals surface area contributed by atoms with Gasteiger partial charge >= 0.3 is 11.9 Å². The molecule has 1 aliphatic heterocycles. The first-order valence-corrected chi connectivity index (χ1v) is 5.59. The van der Waals surface area contributed by atoms with Crippen molar-refractivity contribution in [2.45, 2.75) is 12.5 Å². The second-order valence-electron chi connectivity index (χ2n) is 3.50. The van der Waals surface area contributed by atoms with E-state index >= 15 is 0 Å². The highest BCUT2D eigenvalue weighted by Gasteiger charge is 2.35. The number of methoxy groups -OCH3 is 1. The van der Waals surface area contributed by atoms with Crippen LogP contribution in [0.4, 0.5) is 4.39 Å². The molecule has 0 saturated heterocycles. The van der Waals surface area contributed by atoms with Gasteiger partial charge < -0.3 is 9.47 Å². The summed E-state index contributed by atoms with van der Waals surface area (Å²) in [7, 11) is 1.18. The Balaban J connectivity index is 2.46. The van der Waals surface area contributed by atoms with E-state index in [9.17, 15) is 14.0 Å². The number of carbonyl (C=O) groups is 2. The van der Waals surface area contributed by atoms with Crippen LogP contribution >= 0.6 is 15.9 Å². The molecule has 1 aliphatic rings. The van der Waals surface area contributed by atoms with Crippen LogP contribution in [0.3, 0.4) is 0 Å². The highest BCUT2D eigenvalue weighted by molar-refractivity contribution is 9.10. The number of fused-ring (bicyclic) bond motifs is 1. The van der Waals surface area contributed by atoms with Crippen molar-refractivity contribution < 1.29 is 23.5 Å². The van der Waals surface area contributed by atoms with Gasteiger partial charge in [0.1, 0.15) is 5.82 Å². The van der Waals surface area contributed by atoms with E-state index in [0.29, 0.717) is 4.47 Å². The van der Waals surface area contributed by atoms with Crippen LogP contribution in [0.5, 0.6) is 0 Å². The van der Waals surface area contributed by atoms with Crippen molar-refractivity contribution in [2.75, 3.05) is 7.11 Å². The zero-order chi connectivity index (χ0) is 12.6. The first kappa shape index (κ1) is 12.0. The van der Waals surface area contributed by atoms with Gasteiger partial charge in [0.15, 0.2) is 0 Å². The Hall–Kier alpha value is -1.43. The van der Waals surface area contributed by atoms with Gasteiger partial charge in [0.05, 0.1) is 12.7 Å². The molecule has 2 rings (SSSR count). The Kier molecular flexibility index (Phi) is 3.15. The number of hydrogen-bond donors (Lipinski definition) is 0. The van der Waals surface area contributed by atoms with Crippen molar-refractivity contribution in [1.29, 1.82) is 0 Å². The molecule has 1 aromatic rings. The minimum Gasteiger partial charge on any atom is -0.466 e. The van der Waals surface area contributed by atoms with Crippen molar-refractivity contribution in [2.24, 2.45) is 0 Å². The van der Waals surface area contributed by atoms with Gasteiger partial charge in [0.2, 0.25) is 6.10 Å². The molecule has 90 valence electrons. The lowest BCUT2D eigenvalue weighted by Crippen LogP contribution is -2.35. The van der Waals surface area contributed by atoms with Crippen molar-refractivity contribution in [1.82, 2.24) is 0 Å². The summed E-state index contributed by atoms with van der Waals surface area (Å²) in [6, 6.07) is 2.66. The van der Waals surface area contributed by atoms with Gasteiger partial charge in [0.25, 0.3) is 0 Å². The van der Waals surface area contributed by atoms with Crippen LogP contribution in [0, 0.1) is 5.82 Å². The van der Waals surface area contributed by atoms with E-state index in [2.05, 4.69) is 20.7 Å². The third-order valence-electron chi connectivity index (χ3n) is 2.51. The summed E-state index contributed by atoms with van der Waals surface area (Å²) < 4.78 is 23.4. The van der Waals surface area contributed by atoms with Crippen LogP contribution in [0.2, 0.25) is 0 Å². The molecule has 0 N–H and O–H groups in total. The van der Waals surface area contributed by atoms with Crippen molar-refractivity contribution in [3.8, 4) is 0 Å². The molecule has 0 radical (unpaired) electrons. The highest BCUT2D eigenvalue weighted by Crippen LogP contribution is 2.29. The zero-order valence-electron chi connectivity index (χ0n) is 8.83. The molecule has 0 aliphatic carbocycles. The summed E-state index contributed by atoms with van der Waals surface area (Å²) >= 11 is 3.15. The molecule has 1 atom stereocenters. The quantitative estimate of drug-likeness (QED) is 0.743. The molecule has 6 heteroatoms. The van der Waals surface area contributed by atoms with E-state index in [1.807, 2.05) is 0 Å². The van der Waals surface area contributed by atoms with Gasteiger partial charge in [-0.3, -0.25) is 0 Å². The average Bonchev–Trinajstić information content (AvgIpc) is 2.32. The van der Waals surface area contributed by atoms with Crippen LogP contribution in [0.15, 0.2) is 16.6 Å². The lowest BCUT2D eigenvalue weighted by molar-refractivity contribution is -0.151. The number of cyclic esters (lactones) is 1. The number of benzene rings is 1. The maximum absolute atomic E-state index is 13.6. The molecule has 0 saturated carbocycles. The summed E-state index contributed by atoms with van der Waals surface area (Å²) in [5.41, 5.74) is 0.302. The zero-order valence-corrected chi connectivity index (χ0v) is 10.4. The maximum atomic E-state index is 13.6. The predicted molar refractivity (Wildman–Crippen MR) is 59.0 cm³/mol. The molecule has 4 nitrogen and oxygen atoms in total. The van der Waals surface area contributed by atoms with E-state index in [0.717, 1.165) is 0 Å². The minimum atomic E-state index is -1.08. The number of halogens is 2. The standard InChI is InChI=1S/C11H8BrFO4/c1-16-10(14)8-4-5-7(13)3-2-6(12)9(5)11(15)17-8/h2-3,8H,4H2,1H3. The van der Waals surface area contributed by atoms with Crippen LogP contribution in [-0.4, -0.2) is 25.2 Å². The molecule has 1 aromatic carbocycles. The number of ether oxygens (including phenoxy) is 2. The van der Waals surface area contributed by atoms with Gasteiger partial charge in [0, 0.05) is 16.5 Å². The maximum Gasteiger partial charge on any atom is 0.347 e. The largest absolute Gasteiger partial charge is 0.466 e. The lowest BCUT2D eigenvalue weighted by atomic mass is 9.98. The highest BCUT2D eigenvalue weighted by atomic mass is 79.9. The molecular weight excluding hydrogens is 295 g/mol. The summed E-state index contributed by atoms with van der Waals surface area (Å²) in [6.45, 7) is 0.